The standard InChI is InChI=1S/C14H16N2O3S/c1-4-7-8-9(5-2)20-12(10(8)13(16)17)11(15)14(18)19-6-3/h4-5,7,15H,1,6H2,2-3H3,(H2,16,17)/b8-7+,9-5+,15-11?. The van der Waals surface area contributed by atoms with Crippen molar-refractivity contribution in [2.45, 2.75) is 13.8 Å². The van der Waals surface area contributed by atoms with E-state index in [1.165, 1.54) is 6.08 Å². The number of esters is 1. The Morgan fingerprint density at radius 3 is 2.60 bits per heavy atom. The van der Waals surface area contributed by atoms with Gasteiger partial charge in [-0.05, 0) is 13.8 Å². The summed E-state index contributed by atoms with van der Waals surface area (Å²) >= 11 is 1.16. The average molecular weight is 292 g/mol. The van der Waals surface area contributed by atoms with Crippen LogP contribution >= 0.6 is 11.3 Å². The maximum Gasteiger partial charge on any atom is 0.357 e. The third-order valence-electron chi connectivity index (χ3n) is 2.47. The van der Waals surface area contributed by atoms with Gasteiger partial charge in [-0.2, -0.15) is 0 Å². The molecule has 0 spiro atoms. The molecule has 0 saturated carbocycles. The molecule has 106 valence electrons. The molecule has 6 heteroatoms. The molecule has 1 heterocycles. The summed E-state index contributed by atoms with van der Waals surface area (Å²) < 4.78 is 5.54. The van der Waals surface area contributed by atoms with Gasteiger partial charge in [0.25, 0.3) is 5.91 Å². The summed E-state index contributed by atoms with van der Waals surface area (Å²) in [7, 11) is 0. The lowest BCUT2D eigenvalue weighted by Gasteiger charge is -2.03. The van der Waals surface area contributed by atoms with E-state index in [4.69, 9.17) is 15.9 Å². The molecular weight excluding hydrogens is 276 g/mol. The zero-order valence-electron chi connectivity index (χ0n) is 11.4. The number of hydrogen-bond donors (Lipinski definition) is 2. The van der Waals surface area contributed by atoms with Crippen LogP contribution in [-0.4, -0.2) is 24.2 Å². The Balaban J connectivity index is 3.61. The van der Waals surface area contributed by atoms with Gasteiger partial charge in [0.2, 0.25) is 0 Å². The predicted octanol–water partition coefficient (Wildman–Crippen LogP) is 0.545. The molecule has 0 saturated heterocycles. The minimum absolute atomic E-state index is 0.154. The third-order valence-corrected chi connectivity index (χ3v) is 3.76. The summed E-state index contributed by atoms with van der Waals surface area (Å²) in [5, 5.41) is 8.44. The molecule has 0 bridgehead atoms. The van der Waals surface area contributed by atoms with Crippen LogP contribution in [0.15, 0.2) is 12.7 Å². The van der Waals surface area contributed by atoms with Crippen molar-refractivity contribution in [3.63, 3.8) is 0 Å². The van der Waals surface area contributed by atoms with Gasteiger partial charge in [0.15, 0.2) is 5.71 Å². The van der Waals surface area contributed by atoms with Crippen LogP contribution in [0.1, 0.15) is 29.1 Å². The van der Waals surface area contributed by atoms with E-state index in [1.807, 2.05) is 0 Å². The maximum absolute atomic E-state index is 11.7. The minimum Gasteiger partial charge on any atom is -0.461 e. The van der Waals surface area contributed by atoms with Crippen molar-refractivity contribution in [1.82, 2.24) is 0 Å². The number of allylic oxidation sites excluding steroid dienone is 1. The molecule has 0 aromatic carbocycles. The minimum atomic E-state index is -0.774. The van der Waals surface area contributed by atoms with Crippen LogP contribution < -0.4 is 15.5 Å². The van der Waals surface area contributed by atoms with E-state index in [0.717, 1.165) is 15.9 Å². The molecule has 1 aromatic rings. The topological polar surface area (TPSA) is 93.2 Å². The van der Waals surface area contributed by atoms with Gasteiger partial charge < -0.3 is 10.5 Å². The fraction of sp³-hybridized carbons (Fsp3) is 0.214. The second-order valence-electron chi connectivity index (χ2n) is 3.73. The van der Waals surface area contributed by atoms with Crippen molar-refractivity contribution in [1.29, 1.82) is 5.41 Å². The first-order valence-corrected chi connectivity index (χ1v) is 6.77. The zero-order chi connectivity index (χ0) is 15.3. The number of thiophene rings is 1. The summed E-state index contributed by atoms with van der Waals surface area (Å²) in [6.45, 7) is 7.20. The monoisotopic (exact) mass is 292 g/mol. The number of carbonyl (C=O) groups excluding carboxylic acids is 2. The van der Waals surface area contributed by atoms with Crippen molar-refractivity contribution in [2.75, 3.05) is 6.61 Å². The first-order valence-electron chi connectivity index (χ1n) is 5.95. The number of amides is 1. The molecule has 3 N–H and O–H groups in total. The van der Waals surface area contributed by atoms with Crippen LogP contribution in [0.2, 0.25) is 0 Å². The van der Waals surface area contributed by atoms with Crippen molar-refractivity contribution >= 4 is 41.1 Å². The molecular formula is C14H16N2O3S. The van der Waals surface area contributed by atoms with Gasteiger partial charge in [0.05, 0.1) is 17.0 Å². The van der Waals surface area contributed by atoms with E-state index in [2.05, 4.69) is 6.58 Å². The molecule has 1 aromatic heterocycles. The quantitative estimate of drug-likeness (QED) is 0.613. The van der Waals surface area contributed by atoms with Crippen LogP contribution in [0, 0.1) is 5.41 Å². The molecule has 20 heavy (non-hydrogen) atoms. The highest BCUT2D eigenvalue weighted by Gasteiger charge is 2.23. The number of hydrogen-bond acceptors (Lipinski definition) is 5. The van der Waals surface area contributed by atoms with E-state index >= 15 is 0 Å². The highest BCUT2D eigenvalue weighted by atomic mass is 32.1. The Morgan fingerprint density at radius 2 is 2.15 bits per heavy atom. The lowest BCUT2D eigenvalue weighted by atomic mass is 10.1. The summed E-state index contributed by atoms with van der Waals surface area (Å²) in [5.41, 5.74) is 5.17. The molecule has 0 fully saturated rings. The van der Waals surface area contributed by atoms with Crippen molar-refractivity contribution in [2.24, 2.45) is 5.73 Å². The Labute approximate surface area is 120 Å². The normalized spacial score (nSPS) is 12.3. The third kappa shape index (κ3) is 3.03. The largest absolute Gasteiger partial charge is 0.461 e. The number of nitrogens with two attached hydrogens (primary N) is 1. The first kappa shape index (κ1) is 15.8. The van der Waals surface area contributed by atoms with E-state index in [-0.39, 0.29) is 22.8 Å². The first-order chi connectivity index (χ1) is 9.47. The SMILES string of the molecule is C=C/C=c1/c(C(N)=O)c(C(=N)C(=O)OCC)s/c1=C/C. The van der Waals surface area contributed by atoms with E-state index < -0.39 is 11.9 Å². The second-order valence-corrected chi connectivity index (χ2v) is 4.79. The summed E-state index contributed by atoms with van der Waals surface area (Å²) in [6.07, 6.45) is 4.95. The highest BCUT2D eigenvalue weighted by Crippen LogP contribution is 2.10. The number of nitrogens with one attached hydrogen (secondary N) is 1. The van der Waals surface area contributed by atoms with Gasteiger partial charge >= 0.3 is 5.97 Å². The predicted molar refractivity (Wildman–Crippen MR) is 80.3 cm³/mol. The van der Waals surface area contributed by atoms with Crippen LogP contribution in [-0.2, 0) is 9.53 Å². The number of rotatable bonds is 5. The molecule has 0 atom stereocenters. The van der Waals surface area contributed by atoms with Crippen molar-refractivity contribution < 1.29 is 14.3 Å². The van der Waals surface area contributed by atoms with Gasteiger partial charge in [-0.15, -0.1) is 11.3 Å². The summed E-state index contributed by atoms with van der Waals surface area (Å²) in [4.78, 5) is 23.5. The maximum atomic E-state index is 11.7. The lowest BCUT2D eigenvalue weighted by molar-refractivity contribution is -0.135. The number of carbonyl (C=O) groups is 2. The lowest BCUT2D eigenvalue weighted by Crippen LogP contribution is -2.29. The van der Waals surface area contributed by atoms with E-state index in [9.17, 15) is 9.59 Å². The fourth-order valence-corrected chi connectivity index (χ4v) is 2.79. The van der Waals surface area contributed by atoms with Crippen molar-refractivity contribution in [3.8, 4) is 0 Å². The zero-order valence-corrected chi connectivity index (χ0v) is 12.2. The highest BCUT2D eigenvalue weighted by molar-refractivity contribution is 7.13. The number of ether oxygens (including phenoxy) is 1. The van der Waals surface area contributed by atoms with E-state index in [0.29, 0.717) is 5.22 Å². The van der Waals surface area contributed by atoms with Crippen LogP contribution in [0.25, 0.3) is 12.2 Å². The average Bonchev–Trinajstić information content (AvgIpc) is 2.77. The Bertz CT molecular complexity index is 686. The van der Waals surface area contributed by atoms with Gasteiger partial charge in [-0.1, -0.05) is 24.8 Å². The molecule has 0 aliphatic rings. The molecule has 5 nitrogen and oxygen atoms in total. The molecule has 1 rings (SSSR count). The van der Waals surface area contributed by atoms with Gasteiger partial charge in [0, 0.05) is 9.75 Å². The van der Waals surface area contributed by atoms with Gasteiger partial charge in [-0.25, -0.2) is 4.79 Å². The van der Waals surface area contributed by atoms with Gasteiger partial charge in [-0.3, -0.25) is 10.2 Å². The Kier molecular flexibility index (Phi) is 5.40. The van der Waals surface area contributed by atoms with Crippen LogP contribution in [0.4, 0.5) is 0 Å². The Morgan fingerprint density at radius 1 is 1.50 bits per heavy atom. The molecule has 0 radical (unpaired) electrons. The number of primary amides is 1. The van der Waals surface area contributed by atoms with Gasteiger partial charge in [0.1, 0.15) is 0 Å². The van der Waals surface area contributed by atoms with Crippen LogP contribution in [0.5, 0.6) is 0 Å². The summed E-state index contributed by atoms with van der Waals surface area (Å²) in [5.74, 6) is -1.46. The summed E-state index contributed by atoms with van der Waals surface area (Å²) in [6, 6.07) is 0. The fourth-order valence-electron chi connectivity index (χ4n) is 1.68. The smallest absolute Gasteiger partial charge is 0.357 e. The van der Waals surface area contributed by atoms with Crippen molar-refractivity contribution in [3.05, 3.63) is 32.8 Å². The molecule has 1 amide bonds. The molecule has 0 aliphatic carbocycles. The molecule has 0 aliphatic heterocycles. The second kappa shape index (κ2) is 6.81. The van der Waals surface area contributed by atoms with Crippen LogP contribution in [0.3, 0.4) is 0 Å². The van der Waals surface area contributed by atoms with E-state index in [1.54, 1.807) is 26.0 Å². The molecule has 0 unspecified atom stereocenters. The Hall–Kier alpha value is -2.21.